The highest BCUT2D eigenvalue weighted by atomic mass is 32.1. The predicted octanol–water partition coefficient (Wildman–Crippen LogP) is 6.58. The molecule has 0 aliphatic heterocycles. The molecule has 0 aliphatic rings. The first-order valence-electron chi connectivity index (χ1n) is 10.8. The highest BCUT2D eigenvalue weighted by Gasteiger charge is 2.23. The molecule has 2 N–H and O–H groups in total. The fourth-order valence-electron chi connectivity index (χ4n) is 3.90. The summed E-state index contributed by atoms with van der Waals surface area (Å²) in [7, 11) is 1.64. The molecule has 0 spiro atoms. The number of pyridine rings is 1. The smallest absolute Gasteiger partial charge is 0.350 e. The molecule has 0 amide bonds. The topological polar surface area (TPSA) is 74.4 Å². The number of nitrogens with zero attached hydrogens (tertiary/aromatic N) is 1. The lowest BCUT2D eigenvalue weighted by Gasteiger charge is -2.12. The molecule has 2 heterocycles. The van der Waals surface area contributed by atoms with Crippen LogP contribution in [0.2, 0.25) is 0 Å². The minimum atomic E-state index is -0.461. The van der Waals surface area contributed by atoms with E-state index < -0.39 is 5.97 Å². The number of hydrogen-bond donors (Lipinski definition) is 1. The second-order valence-corrected chi connectivity index (χ2v) is 8.71. The van der Waals surface area contributed by atoms with E-state index in [0.29, 0.717) is 21.1 Å². The molecule has 2 aromatic heterocycles. The Kier molecular flexibility index (Phi) is 5.97. The Morgan fingerprint density at radius 3 is 2.32 bits per heavy atom. The molecule has 5 rings (SSSR count). The lowest BCUT2D eigenvalue weighted by molar-refractivity contribution is 0.0480. The molecule has 0 radical (unpaired) electrons. The first kappa shape index (κ1) is 21.7. The highest BCUT2D eigenvalue weighted by Crippen LogP contribution is 2.43. The highest BCUT2D eigenvalue weighted by molar-refractivity contribution is 7.21. The Labute approximate surface area is 201 Å². The largest absolute Gasteiger partial charge is 0.496 e. The molecule has 0 saturated heterocycles. The number of ether oxygens (including phenoxy) is 2. The maximum atomic E-state index is 13.0. The number of thiophene rings is 1. The van der Waals surface area contributed by atoms with Gasteiger partial charge in [-0.25, -0.2) is 9.78 Å². The Bertz CT molecular complexity index is 1460. The normalized spacial score (nSPS) is 10.9. The summed E-state index contributed by atoms with van der Waals surface area (Å²) in [6, 6.07) is 29.2. The van der Waals surface area contributed by atoms with Gasteiger partial charge in [0.2, 0.25) is 0 Å². The van der Waals surface area contributed by atoms with E-state index in [9.17, 15) is 4.79 Å². The number of esters is 1. The summed E-state index contributed by atoms with van der Waals surface area (Å²) >= 11 is 1.25. The molecular formula is C28H22N2O3S. The van der Waals surface area contributed by atoms with Crippen molar-refractivity contribution in [1.82, 2.24) is 4.98 Å². The summed E-state index contributed by atoms with van der Waals surface area (Å²) < 4.78 is 11.2. The van der Waals surface area contributed by atoms with Gasteiger partial charge >= 0.3 is 5.97 Å². The maximum absolute atomic E-state index is 13.0. The standard InChI is InChI=1S/C28H22N2O3S/c1-32-23-15-9-8-14-20(23)21-16-22(19-12-6-3-7-13-19)30-27-24(21)25(29)26(34-27)28(31)33-17-18-10-4-2-5-11-18/h2-16H,17,29H2,1H3. The second kappa shape index (κ2) is 9.37. The molecule has 5 nitrogen and oxygen atoms in total. The van der Waals surface area contributed by atoms with E-state index in [2.05, 4.69) is 0 Å². The van der Waals surface area contributed by atoms with Crippen molar-refractivity contribution in [3.05, 3.63) is 101 Å². The number of aromatic nitrogens is 1. The van der Waals surface area contributed by atoms with E-state index in [1.165, 1.54) is 11.3 Å². The zero-order valence-corrected chi connectivity index (χ0v) is 19.3. The third kappa shape index (κ3) is 4.11. The van der Waals surface area contributed by atoms with E-state index in [4.69, 9.17) is 20.2 Å². The van der Waals surface area contributed by atoms with Gasteiger partial charge in [-0.05, 0) is 23.3 Å². The Hall–Kier alpha value is -4.16. The van der Waals surface area contributed by atoms with Gasteiger partial charge in [0.05, 0.1) is 18.5 Å². The average Bonchev–Trinajstić information content (AvgIpc) is 3.24. The summed E-state index contributed by atoms with van der Waals surface area (Å²) in [5.74, 6) is 0.254. The lowest BCUT2D eigenvalue weighted by Crippen LogP contribution is -2.05. The Morgan fingerprint density at radius 1 is 0.912 bits per heavy atom. The summed E-state index contributed by atoms with van der Waals surface area (Å²) in [6.45, 7) is 0.176. The molecule has 0 unspecified atom stereocenters. The number of fused-ring (bicyclic) bond motifs is 1. The molecule has 34 heavy (non-hydrogen) atoms. The second-order valence-electron chi connectivity index (χ2n) is 7.71. The molecule has 0 atom stereocenters. The van der Waals surface area contributed by atoms with Crippen LogP contribution in [0.25, 0.3) is 32.6 Å². The number of rotatable bonds is 6. The molecule has 168 valence electrons. The molecule has 0 bridgehead atoms. The van der Waals surface area contributed by atoms with E-state index in [1.807, 2.05) is 91.0 Å². The number of para-hydroxylation sites is 1. The van der Waals surface area contributed by atoms with Crippen LogP contribution in [0.3, 0.4) is 0 Å². The van der Waals surface area contributed by atoms with Crippen LogP contribution < -0.4 is 10.5 Å². The van der Waals surface area contributed by atoms with Crippen molar-refractivity contribution in [2.45, 2.75) is 6.61 Å². The fourth-order valence-corrected chi connectivity index (χ4v) is 4.91. The Balaban J connectivity index is 1.64. The predicted molar refractivity (Wildman–Crippen MR) is 137 cm³/mol. The summed E-state index contributed by atoms with van der Waals surface area (Å²) in [6.07, 6.45) is 0. The third-order valence-corrected chi connectivity index (χ3v) is 6.64. The van der Waals surface area contributed by atoms with Gasteiger partial charge in [-0.15, -0.1) is 11.3 Å². The van der Waals surface area contributed by atoms with Crippen LogP contribution in [0.4, 0.5) is 5.69 Å². The number of hydrogen-bond acceptors (Lipinski definition) is 6. The van der Waals surface area contributed by atoms with Crippen molar-refractivity contribution in [1.29, 1.82) is 0 Å². The van der Waals surface area contributed by atoms with Gasteiger partial charge in [-0.2, -0.15) is 0 Å². The van der Waals surface area contributed by atoms with Crippen molar-refractivity contribution in [2.24, 2.45) is 0 Å². The summed E-state index contributed by atoms with van der Waals surface area (Å²) in [5, 5.41) is 0.723. The van der Waals surface area contributed by atoms with Crippen molar-refractivity contribution in [2.75, 3.05) is 12.8 Å². The molecule has 5 aromatic rings. The van der Waals surface area contributed by atoms with Gasteiger partial charge in [0.25, 0.3) is 0 Å². The molecule has 0 saturated carbocycles. The van der Waals surface area contributed by atoms with Crippen molar-refractivity contribution < 1.29 is 14.3 Å². The minimum absolute atomic E-state index is 0.176. The van der Waals surface area contributed by atoms with Gasteiger partial charge in [0.1, 0.15) is 22.1 Å². The van der Waals surface area contributed by atoms with Gasteiger partial charge in [0, 0.05) is 16.5 Å². The molecule has 0 fully saturated rings. The van der Waals surface area contributed by atoms with Crippen LogP contribution in [-0.2, 0) is 11.3 Å². The summed E-state index contributed by atoms with van der Waals surface area (Å²) in [4.78, 5) is 18.9. The van der Waals surface area contributed by atoms with Gasteiger partial charge < -0.3 is 15.2 Å². The fraction of sp³-hybridized carbons (Fsp3) is 0.0714. The van der Waals surface area contributed by atoms with Gasteiger partial charge in [-0.1, -0.05) is 78.9 Å². The van der Waals surface area contributed by atoms with E-state index in [-0.39, 0.29) is 6.61 Å². The van der Waals surface area contributed by atoms with Gasteiger partial charge in [-0.3, -0.25) is 0 Å². The third-order valence-electron chi connectivity index (χ3n) is 5.56. The number of carbonyl (C=O) groups excluding carboxylic acids is 1. The number of anilines is 1. The number of nitrogens with two attached hydrogens (primary N) is 1. The van der Waals surface area contributed by atoms with Crippen LogP contribution in [0.5, 0.6) is 5.75 Å². The average molecular weight is 467 g/mol. The first-order valence-corrected chi connectivity index (χ1v) is 11.6. The van der Waals surface area contributed by atoms with Crippen LogP contribution in [0.15, 0.2) is 91.0 Å². The monoisotopic (exact) mass is 466 g/mol. The van der Waals surface area contributed by atoms with E-state index in [0.717, 1.165) is 33.3 Å². The van der Waals surface area contributed by atoms with E-state index >= 15 is 0 Å². The molecule has 0 aliphatic carbocycles. The quantitative estimate of drug-likeness (QED) is 0.286. The van der Waals surface area contributed by atoms with Crippen LogP contribution in [-0.4, -0.2) is 18.1 Å². The number of methoxy groups -OCH3 is 1. The number of nitrogen functional groups attached to an aromatic ring is 1. The van der Waals surface area contributed by atoms with Crippen LogP contribution >= 0.6 is 11.3 Å². The van der Waals surface area contributed by atoms with Crippen LogP contribution in [0.1, 0.15) is 15.2 Å². The first-order chi connectivity index (χ1) is 16.7. The summed E-state index contributed by atoms with van der Waals surface area (Å²) in [5.41, 5.74) is 11.3. The number of benzene rings is 3. The molecular weight excluding hydrogens is 444 g/mol. The maximum Gasteiger partial charge on any atom is 0.350 e. The van der Waals surface area contributed by atoms with E-state index in [1.54, 1.807) is 7.11 Å². The van der Waals surface area contributed by atoms with Gasteiger partial charge in [0.15, 0.2) is 0 Å². The lowest BCUT2D eigenvalue weighted by atomic mass is 9.98. The SMILES string of the molecule is COc1ccccc1-c1cc(-c2ccccc2)nc2sc(C(=O)OCc3ccccc3)c(N)c12. The van der Waals surface area contributed by atoms with Crippen molar-refractivity contribution >= 4 is 33.2 Å². The zero-order chi connectivity index (χ0) is 23.5. The Morgan fingerprint density at radius 2 is 1.59 bits per heavy atom. The molecule has 3 aromatic carbocycles. The molecule has 6 heteroatoms. The van der Waals surface area contributed by atoms with Crippen molar-refractivity contribution in [3.63, 3.8) is 0 Å². The van der Waals surface area contributed by atoms with Crippen molar-refractivity contribution in [3.8, 4) is 28.1 Å². The minimum Gasteiger partial charge on any atom is -0.496 e. The zero-order valence-electron chi connectivity index (χ0n) is 18.5. The van der Waals surface area contributed by atoms with Crippen LogP contribution in [0, 0.1) is 0 Å². The number of carbonyl (C=O) groups is 1.